The van der Waals surface area contributed by atoms with Crippen LogP contribution in [0.3, 0.4) is 0 Å². The summed E-state index contributed by atoms with van der Waals surface area (Å²) in [6.45, 7) is 13.9. The average Bonchev–Trinajstić information content (AvgIpc) is 3.89. The summed E-state index contributed by atoms with van der Waals surface area (Å²) in [4.78, 5) is 73.7. The molecular formula is C54H62N2O13. The molecule has 4 aromatic rings. The number of nitrogens with zero attached hydrogens (tertiary/aromatic N) is 1. The van der Waals surface area contributed by atoms with Gasteiger partial charge in [-0.05, 0) is 76.1 Å². The number of imide groups is 1. The zero-order chi connectivity index (χ0) is 50.6. The topological polar surface area (TPSA) is 215 Å². The zero-order valence-corrected chi connectivity index (χ0v) is 40.3. The molecular weight excluding hydrogens is 885 g/mol. The number of hydrogen-bond acceptors (Lipinski definition) is 13. The quantitative estimate of drug-likeness (QED) is 0.0177. The van der Waals surface area contributed by atoms with Crippen LogP contribution in [0.15, 0.2) is 121 Å². The Balaban J connectivity index is 0.000000234. The Morgan fingerprint density at radius 2 is 1.17 bits per heavy atom. The largest absolute Gasteiger partial charge is 0.515 e. The summed E-state index contributed by atoms with van der Waals surface area (Å²) in [7, 11) is 0. The van der Waals surface area contributed by atoms with Crippen molar-refractivity contribution in [2.45, 2.75) is 97.9 Å². The molecule has 4 N–H and O–H groups in total. The molecule has 7 rings (SSSR count). The van der Waals surface area contributed by atoms with Crippen LogP contribution in [-0.2, 0) is 38.1 Å². The molecule has 15 heteroatoms. The first kappa shape index (κ1) is 52.7. The molecule has 3 aliphatic rings. The molecule has 0 saturated heterocycles. The van der Waals surface area contributed by atoms with Crippen LogP contribution < -0.4 is 5.32 Å². The van der Waals surface area contributed by atoms with Gasteiger partial charge in [0.1, 0.15) is 30.6 Å². The SMILES string of the molecule is CC(C)C[C@H](NC(=O)OCC1c2ccccc2-c2ccccc21)C(=O)C(=CO)C(=O)OC(C)(C)O.CC(C)C[C@H]1C(O)=CC(=O)N1C(=O)OCC1c2ccccc2-c2ccccc21.CCOC(C)=O. The van der Waals surface area contributed by atoms with E-state index in [1.54, 1.807) is 6.92 Å². The third kappa shape index (κ3) is 13.5. The third-order valence-corrected chi connectivity index (χ3v) is 11.4. The number of esters is 2. The van der Waals surface area contributed by atoms with Crippen LogP contribution >= 0.6 is 0 Å². The van der Waals surface area contributed by atoms with Gasteiger partial charge in [0, 0.05) is 38.7 Å². The van der Waals surface area contributed by atoms with Crippen molar-refractivity contribution >= 4 is 35.8 Å². The highest BCUT2D eigenvalue weighted by Crippen LogP contribution is 2.46. The van der Waals surface area contributed by atoms with E-state index in [0.717, 1.165) is 55.5 Å². The van der Waals surface area contributed by atoms with Gasteiger partial charge in [0.2, 0.25) is 5.79 Å². The molecule has 1 aliphatic heterocycles. The van der Waals surface area contributed by atoms with E-state index in [1.165, 1.54) is 20.8 Å². The second kappa shape index (κ2) is 23.6. The number of hydrogen-bond donors (Lipinski definition) is 4. The normalized spacial score (nSPS) is 15.3. The number of benzene rings is 4. The van der Waals surface area contributed by atoms with Crippen LogP contribution in [-0.4, -0.2) is 93.7 Å². The maximum atomic E-state index is 13.0. The van der Waals surface area contributed by atoms with Gasteiger partial charge in [0.15, 0.2) is 5.78 Å². The van der Waals surface area contributed by atoms with Gasteiger partial charge in [-0.15, -0.1) is 0 Å². The minimum atomic E-state index is -1.85. The summed E-state index contributed by atoms with van der Waals surface area (Å²) < 4.78 is 20.3. The van der Waals surface area contributed by atoms with E-state index < -0.39 is 53.3 Å². The van der Waals surface area contributed by atoms with Crippen molar-refractivity contribution < 1.29 is 63.0 Å². The van der Waals surface area contributed by atoms with E-state index in [-0.39, 0.29) is 55.0 Å². The highest BCUT2D eigenvalue weighted by molar-refractivity contribution is 6.19. The lowest BCUT2D eigenvalue weighted by Gasteiger charge is -2.25. The number of fused-ring (bicyclic) bond motifs is 6. The Morgan fingerprint density at radius 3 is 1.55 bits per heavy atom. The van der Waals surface area contributed by atoms with E-state index in [1.807, 2.05) is 113 Å². The Kier molecular flexibility index (Phi) is 18.1. The van der Waals surface area contributed by atoms with E-state index in [2.05, 4.69) is 22.2 Å². The Labute approximate surface area is 402 Å². The number of amides is 3. The van der Waals surface area contributed by atoms with Crippen molar-refractivity contribution in [3.05, 3.63) is 143 Å². The molecule has 0 radical (unpaired) electrons. The van der Waals surface area contributed by atoms with Gasteiger partial charge in [-0.2, -0.15) is 0 Å². The van der Waals surface area contributed by atoms with Crippen LogP contribution in [0.25, 0.3) is 22.3 Å². The molecule has 0 spiro atoms. The van der Waals surface area contributed by atoms with Crippen LogP contribution in [0.1, 0.15) is 102 Å². The molecule has 15 nitrogen and oxygen atoms in total. The second-order valence-electron chi connectivity index (χ2n) is 18.0. The molecule has 2 atom stereocenters. The molecule has 4 aromatic carbocycles. The van der Waals surface area contributed by atoms with Gasteiger partial charge in [-0.1, -0.05) is 125 Å². The first-order valence-electron chi connectivity index (χ1n) is 22.9. The van der Waals surface area contributed by atoms with Gasteiger partial charge in [0.25, 0.3) is 5.91 Å². The average molecular weight is 947 g/mol. The second-order valence-corrected chi connectivity index (χ2v) is 18.0. The fourth-order valence-electron chi connectivity index (χ4n) is 8.51. The summed E-state index contributed by atoms with van der Waals surface area (Å²) in [5.41, 5.74) is 8.12. The summed E-state index contributed by atoms with van der Waals surface area (Å²) in [5, 5.41) is 31.8. The van der Waals surface area contributed by atoms with Crippen molar-refractivity contribution in [1.82, 2.24) is 10.2 Å². The Bertz CT molecular complexity index is 2480. The van der Waals surface area contributed by atoms with E-state index in [0.29, 0.717) is 19.3 Å². The summed E-state index contributed by atoms with van der Waals surface area (Å²) in [5.74, 6) is -4.74. The zero-order valence-electron chi connectivity index (χ0n) is 40.3. The molecule has 1 heterocycles. The van der Waals surface area contributed by atoms with Crippen molar-refractivity contribution in [3.8, 4) is 22.3 Å². The highest BCUT2D eigenvalue weighted by atomic mass is 16.7. The lowest BCUT2D eigenvalue weighted by molar-refractivity contribution is -0.190. The molecule has 69 heavy (non-hydrogen) atoms. The van der Waals surface area contributed by atoms with Gasteiger partial charge in [-0.25, -0.2) is 19.3 Å². The molecule has 2 aliphatic carbocycles. The molecule has 0 aromatic heterocycles. The molecule has 0 saturated carbocycles. The predicted octanol–water partition coefficient (Wildman–Crippen LogP) is 9.43. The number of nitrogens with one attached hydrogen (secondary N) is 1. The summed E-state index contributed by atoms with van der Waals surface area (Å²) in [6, 6.07) is 30.2. The van der Waals surface area contributed by atoms with E-state index in [9.17, 15) is 44.1 Å². The predicted molar refractivity (Wildman–Crippen MR) is 258 cm³/mol. The number of rotatable bonds is 14. The van der Waals surface area contributed by atoms with Gasteiger partial charge in [0.05, 0.1) is 18.9 Å². The van der Waals surface area contributed by atoms with Crippen LogP contribution in [0.2, 0.25) is 0 Å². The van der Waals surface area contributed by atoms with Crippen LogP contribution in [0.4, 0.5) is 9.59 Å². The fraction of sp³-hybridized carbons (Fsp3) is 0.370. The van der Waals surface area contributed by atoms with Crippen molar-refractivity contribution in [1.29, 1.82) is 0 Å². The third-order valence-electron chi connectivity index (χ3n) is 11.4. The standard InChI is InChI=1S/C27H31NO7.C23H23NO4.C4H8O2/c1-16(2)13-23(24(30)21(14-29)25(31)35-27(3,4)33)28-26(32)34-15-22-19-11-7-5-9-17(19)18-10-6-8-12-20(18)22;1-14(2)11-20-21(25)12-22(26)24(20)23(27)28-13-19-17-9-5-3-7-15(17)16-8-4-6-10-18(16)19;1-3-6-4(2)5/h5-12,14,16,22-23,29,33H,13,15H2,1-4H3,(H,28,32);3-10,12,14,19-20,25H,11,13H2,1-2H3;3H2,1-2H3/t23-;20-;/m00./s1. The summed E-state index contributed by atoms with van der Waals surface area (Å²) in [6.07, 6.45) is 0.586. The Hall–Kier alpha value is -7.26. The molecule has 0 fully saturated rings. The van der Waals surface area contributed by atoms with Crippen LogP contribution in [0.5, 0.6) is 0 Å². The van der Waals surface area contributed by atoms with Gasteiger partial charge in [-0.3, -0.25) is 14.4 Å². The first-order valence-corrected chi connectivity index (χ1v) is 22.9. The number of aliphatic hydroxyl groups excluding tert-OH is 2. The summed E-state index contributed by atoms with van der Waals surface area (Å²) >= 11 is 0. The van der Waals surface area contributed by atoms with Crippen molar-refractivity contribution in [3.63, 3.8) is 0 Å². The monoisotopic (exact) mass is 946 g/mol. The van der Waals surface area contributed by atoms with E-state index >= 15 is 0 Å². The maximum absolute atomic E-state index is 13.0. The minimum absolute atomic E-state index is 0.0249. The number of Topliss-reactive ketones (excluding diaryl/α,β-unsaturated/α-hetero) is 1. The molecule has 0 unspecified atom stereocenters. The highest BCUT2D eigenvalue weighted by Gasteiger charge is 2.40. The number of alkyl carbamates (subject to hydrolysis) is 1. The molecule has 366 valence electrons. The van der Waals surface area contributed by atoms with Crippen LogP contribution in [0, 0.1) is 11.8 Å². The lowest BCUT2D eigenvalue weighted by atomic mass is 9.96. The lowest BCUT2D eigenvalue weighted by Crippen LogP contribution is -2.44. The Morgan fingerprint density at radius 1 is 0.725 bits per heavy atom. The van der Waals surface area contributed by atoms with Gasteiger partial charge >= 0.3 is 24.1 Å². The number of carbonyl (C=O) groups excluding carboxylic acids is 6. The number of carbonyl (C=O) groups is 6. The minimum Gasteiger partial charge on any atom is -0.515 e. The number of aliphatic hydroxyl groups is 3. The van der Waals surface area contributed by atoms with Crippen molar-refractivity contribution in [2.24, 2.45) is 11.8 Å². The maximum Gasteiger partial charge on any atom is 0.417 e. The molecule has 0 bridgehead atoms. The fourth-order valence-corrected chi connectivity index (χ4v) is 8.51. The smallest absolute Gasteiger partial charge is 0.417 e. The number of ether oxygens (including phenoxy) is 4. The van der Waals surface area contributed by atoms with Gasteiger partial charge < -0.3 is 39.6 Å². The molecule has 3 amide bonds. The van der Waals surface area contributed by atoms with Crippen molar-refractivity contribution in [2.75, 3.05) is 19.8 Å². The van der Waals surface area contributed by atoms with E-state index in [4.69, 9.17) is 14.2 Å². The number of ketones is 1. The first-order chi connectivity index (χ1) is 32.8.